The van der Waals surface area contributed by atoms with Gasteiger partial charge in [-0.1, -0.05) is 11.6 Å². The first kappa shape index (κ1) is 20.0. The zero-order valence-corrected chi connectivity index (χ0v) is 17.4. The number of hydrogen-bond acceptors (Lipinski definition) is 3. The third-order valence-electron chi connectivity index (χ3n) is 5.63. The maximum Gasteiger partial charge on any atom is 0.230 e. The monoisotopic (exact) mass is 392 g/mol. The number of rotatable bonds is 7. The first-order valence-electron chi connectivity index (χ1n) is 9.74. The zero-order valence-electron chi connectivity index (χ0n) is 16.7. The van der Waals surface area contributed by atoms with Crippen LogP contribution in [-0.4, -0.2) is 49.3 Å². The number of amides is 1. The van der Waals surface area contributed by atoms with E-state index in [2.05, 4.69) is 4.57 Å². The van der Waals surface area contributed by atoms with E-state index in [1.54, 1.807) is 14.2 Å². The maximum atomic E-state index is 13.3. The summed E-state index contributed by atoms with van der Waals surface area (Å²) in [5, 5.41) is 1.67. The number of methoxy groups -OCH3 is 2. The van der Waals surface area contributed by atoms with Gasteiger partial charge in [0.2, 0.25) is 5.91 Å². The van der Waals surface area contributed by atoms with Crippen LogP contribution in [0.3, 0.4) is 0 Å². The van der Waals surface area contributed by atoms with Crippen LogP contribution < -0.4 is 4.74 Å². The second kappa shape index (κ2) is 8.53. The molecule has 1 atom stereocenters. The highest BCUT2D eigenvalue weighted by molar-refractivity contribution is 6.35. The molecule has 1 amide bonds. The molecule has 1 aromatic carbocycles. The minimum absolute atomic E-state index is 0.146. The third kappa shape index (κ3) is 3.43. The summed E-state index contributed by atoms with van der Waals surface area (Å²) in [6.07, 6.45) is 2.80. The highest BCUT2D eigenvalue weighted by Crippen LogP contribution is 2.45. The van der Waals surface area contributed by atoms with E-state index in [0.717, 1.165) is 54.6 Å². The van der Waals surface area contributed by atoms with E-state index >= 15 is 0 Å². The van der Waals surface area contributed by atoms with Crippen molar-refractivity contribution in [2.45, 2.75) is 45.6 Å². The van der Waals surface area contributed by atoms with Crippen molar-refractivity contribution in [1.29, 1.82) is 0 Å². The molecule has 0 N–H and O–H groups in total. The smallest absolute Gasteiger partial charge is 0.230 e. The number of aromatic nitrogens is 1. The Labute approximate surface area is 166 Å². The SMILES string of the molecule is CCN(CC)C(=O)[C@H]1CCCc2c1c1c(OC)ccc(Cl)c1n2CCOC. The summed E-state index contributed by atoms with van der Waals surface area (Å²) in [5.74, 6) is 0.835. The third-order valence-corrected chi connectivity index (χ3v) is 5.94. The van der Waals surface area contributed by atoms with Crippen molar-refractivity contribution in [2.24, 2.45) is 0 Å². The Hall–Kier alpha value is -1.72. The van der Waals surface area contributed by atoms with Crippen molar-refractivity contribution in [3.63, 3.8) is 0 Å². The molecule has 0 spiro atoms. The fourth-order valence-corrected chi connectivity index (χ4v) is 4.62. The van der Waals surface area contributed by atoms with Crippen molar-refractivity contribution in [3.05, 3.63) is 28.4 Å². The molecule has 2 aromatic rings. The van der Waals surface area contributed by atoms with Crippen LogP contribution in [0.1, 0.15) is 43.9 Å². The van der Waals surface area contributed by atoms with Crippen LogP contribution in [0, 0.1) is 0 Å². The molecule has 0 saturated carbocycles. The first-order chi connectivity index (χ1) is 13.1. The molecule has 0 radical (unpaired) electrons. The normalized spacial score (nSPS) is 16.4. The van der Waals surface area contributed by atoms with E-state index in [9.17, 15) is 4.79 Å². The summed E-state index contributed by atoms with van der Waals surface area (Å²) in [6, 6.07) is 3.78. The fraction of sp³-hybridized carbons (Fsp3) is 0.571. The van der Waals surface area contributed by atoms with Crippen LogP contribution >= 0.6 is 11.6 Å². The zero-order chi connectivity index (χ0) is 19.6. The highest BCUT2D eigenvalue weighted by Gasteiger charge is 2.35. The van der Waals surface area contributed by atoms with Gasteiger partial charge in [-0.25, -0.2) is 0 Å². The van der Waals surface area contributed by atoms with Crippen LogP contribution in [0.25, 0.3) is 10.9 Å². The molecule has 0 bridgehead atoms. The van der Waals surface area contributed by atoms with Crippen molar-refractivity contribution in [1.82, 2.24) is 9.47 Å². The summed E-state index contributed by atoms with van der Waals surface area (Å²) >= 11 is 6.62. The van der Waals surface area contributed by atoms with Gasteiger partial charge in [0, 0.05) is 37.8 Å². The van der Waals surface area contributed by atoms with Crippen LogP contribution in [0.15, 0.2) is 12.1 Å². The van der Waals surface area contributed by atoms with E-state index in [1.165, 1.54) is 5.69 Å². The van der Waals surface area contributed by atoms with Gasteiger partial charge in [0.25, 0.3) is 0 Å². The molecule has 0 saturated heterocycles. The molecule has 5 nitrogen and oxygen atoms in total. The van der Waals surface area contributed by atoms with Gasteiger partial charge in [-0.15, -0.1) is 0 Å². The lowest BCUT2D eigenvalue weighted by Gasteiger charge is -2.29. The van der Waals surface area contributed by atoms with Gasteiger partial charge in [-0.3, -0.25) is 4.79 Å². The summed E-state index contributed by atoms with van der Waals surface area (Å²) < 4.78 is 13.2. The lowest BCUT2D eigenvalue weighted by atomic mass is 9.84. The molecule has 0 fully saturated rings. The molecule has 3 rings (SSSR count). The number of likely N-dealkylation sites (N-methyl/N-ethyl adjacent to an activating group) is 1. The Morgan fingerprint density at radius 2 is 2.04 bits per heavy atom. The second-order valence-corrected chi connectivity index (χ2v) is 7.34. The molecule has 1 aromatic heterocycles. The van der Waals surface area contributed by atoms with Gasteiger partial charge in [-0.05, 0) is 50.8 Å². The minimum atomic E-state index is -0.146. The molecule has 6 heteroatoms. The topological polar surface area (TPSA) is 43.7 Å². The van der Waals surface area contributed by atoms with E-state index in [1.807, 2.05) is 30.9 Å². The summed E-state index contributed by atoms with van der Waals surface area (Å²) in [5.41, 5.74) is 3.26. The Kier molecular flexibility index (Phi) is 6.33. The summed E-state index contributed by atoms with van der Waals surface area (Å²) in [6.45, 7) is 6.82. The quantitative estimate of drug-likeness (QED) is 0.707. The van der Waals surface area contributed by atoms with Crippen molar-refractivity contribution in [3.8, 4) is 5.75 Å². The van der Waals surface area contributed by atoms with Crippen LogP contribution in [-0.2, 0) is 22.5 Å². The fourth-order valence-electron chi connectivity index (χ4n) is 4.36. The average Bonchev–Trinajstić information content (AvgIpc) is 3.03. The number of nitrogens with zero attached hydrogens (tertiary/aromatic N) is 2. The number of halogens is 1. The molecular formula is C21H29ClN2O3. The van der Waals surface area contributed by atoms with Gasteiger partial charge in [-0.2, -0.15) is 0 Å². The van der Waals surface area contributed by atoms with Crippen molar-refractivity contribution < 1.29 is 14.3 Å². The lowest BCUT2D eigenvalue weighted by Crippen LogP contribution is -2.36. The largest absolute Gasteiger partial charge is 0.496 e. The Balaban J connectivity index is 2.26. The van der Waals surface area contributed by atoms with Crippen LogP contribution in [0.2, 0.25) is 5.02 Å². The molecule has 27 heavy (non-hydrogen) atoms. The molecule has 1 heterocycles. The second-order valence-electron chi connectivity index (χ2n) is 6.93. The Morgan fingerprint density at radius 3 is 2.67 bits per heavy atom. The number of hydrogen-bond donors (Lipinski definition) is 0. The van der Waals surface area contributed by atoms with Crippen molar-refractivity contribution in [2.75, 3.05) is 33.9 Å². The summed E-state index contributed by atoms with van der Waals surface area (Å²) in [7, 11) is 3.37. The number of benzene rings is 1. The number of ether oxygens (including phenoxy) is 2. The molecule has 0 aliphatic heterocycles. The van der Waals surface area contributed by atoms with E-state index in [0.29, 0.717) is 18.2 Å². The Bertz CT molecular complexity index is 827. The summed E-state index contributed by atoms with van der Waals surface area (Å²) in [4.78, 5) is 15.2. The number of carbonyl (C=O) groups excluding carboxylic acids is 1. The van der Waals surface area contributed by atoms with E-state index in [4.69, 9.17) is 21.1 Å². The lowest BCUT2D eigenvalue weighted by molar-refractivity contribution is -0.132. The molecule has 1 aliphatic carbocycles. The van der Waals surface area contributed by atoms with Crippen LogP contribution in [0.5, 0.6) is 5.75 Å². The van der Waals surface area contributed by atoms with Gasteiger partial charge >= 0.3 is 0 Å². The highest BCUT2D eigenvalue weighted by atomic mass is 35.5. The van der Waals surface area contributed by atoms with E-state index in [-0.39, 0.29) is 11.8 Å². The van der Waals surface area contributed by atoms with Gasteiger partial charge < -0.3 is 18.9 Å². The van der Waals surface area contributed by atoms with Crippen molar-refractivity contribution >= 4 is 28.4 Å². The molecular weight excluding hydrogens is 364 g/mol. The average molecular weight is 393 g/mol. The maximum absolute atomic E-state index is 13.3. The number of fused-ring (bicyclic) bond motifs is 3. The molecule has 0 unspecified atom stereocenters. The van der Waals surface area contributed by atoms with Crippen LogP contribution in [0.4, 0.5) is 0 Å². The first-order valence-corrected chi connectivity index (χ1v) is 10.1. The minimum Gasteiger partial charge on any atom is -0.496 e. The van der Waals surface area contributed by atoms with Gasteiger partial charge in [0.15, 0.2) is 0 Å². The standard InChI is InChI=1S/C21H29ClN2O3/c1-5-23(6-2)21(25)14-8-7-9-16-18(14)19-17(27-4)11-10-15(22)20(19)24(16)12-13-26-3/h10-11,14H,5-9,12-13H2,1-4H3/t14-/m0/s1. The predicted octanol–water partition coefficient (Wildman–Crippen LogP) is 4.24. The number of carbonyl (C=O) groups is 1. The molecule has 1 aliphatic rings. The van der Waals surface area contributed by atoms with E-state index < -0.39 is 0 Å². The Morgan fingerprint density at radius 1 is 1.30 bits per heavy atom. The predicted molar refractivity (Wildman–Crippen MR) is 109 cm³/mol. The van der Waals surface area contributed by atoms with Gasteiger partial charge in [0.05, 0.1) is 30.2 Å². The van der Waals surface area contributed by atoms with Gasteiger partial charge in [0.1, 0.15) is 5.75 Å². The molecule has 148 valence electrons.